The largest absolute Gasteiger partial charge is 0.451 e. The molecule has 9 nitrogen and oxygen atoms in total. The molecule has 0 aliphatic carbocycles. The van der Waals surface area contributed by atoms with Gasteiger partial charge < -0.3 is 30.5 Å². The molecule has 2 heterocycles. The van der Waals surface area contributed by atoms with Gasteiger partial charge in [-0.25, -0.2) is 4.79 Å². The number of carbonyl (C=O) groups excluding carboxylic acids is 3. The van der Waals surface area contributed by atoms with Crippen molar-refractivity contribution in [3.8, 4) is 5.75 Å². The van der Waals surface area contributed by atoms with Gasteiger partial charge in [0.2, 0.25) is 0 Å². The Bertz CT molecular complexity index is 1600. The second kappa shape index (κ2) is 8.71. The maximum atomic E-state index is 12.7. The van der Waals surface area contributed by atoms with Gasteiger partial charge in [-0.3, -0.25) is 9.59 Å². The molecule has 0 saturated heterocycles. The van der Waals surface area contributed by atoms with E-state index in [1.807, 2.05) is 0 Å². The number of hydrogen-bond donors (Lipinski definition) is 4. The summed E-state index contributed by atoms with van der Waals surface area (Å²) in [6.45, 7) is 0. The predicted molar refractivity (Wildman–Crippen MR) is 132 cm³/mol. The number of aromatic nitrogens is 1. The first kappa shape index (κ1) is 21.8. The smallest absolute Gasteiger partial charge is 0.360 e. The summed E-state index contributed by atoms with van der Waals surface area (Å²) in [5.41, 5.74) is 8.86. The van der Waals surface area contributed by atoms with Crippen LogP contribution in [0, 0.1) is 0 Å². The summed E-state index contributed by atoms with van der Waals surface area (Å²) in [7, 11) is 1.54. The zero-order valence-corrected chi connectivity index (χ0v) is 18.5. The van der Waals surface area contributed by atoms with E-state index in [0.717, 1.165) is 5.39 Å². The number of carbonyl (C=O) groups is 3. The van der Waals surface area contributed by atoms with Gasteiger partial charge in [0.15, 0.2) is 5.76 Å². The fourth-order valence-electron chi connectivity index (χ4n) is 3.67. The third-order valence-corrected chi connectivity index (χ3v) is 5.42. The SMILES string of the molecule is CNC(=O)c1ccc(OC(=O)c2cc3cc(NC(=O)c4cc5cc(N)ccc5o4)ccc3[nH]2)cc1. The maximum Gasteiger partial charge on any atom is 0.360 e. The van der Waals surface area contributed by atoms with Gasteiger partial charge >= 0.3 is 5.97 Å². The summed E-state index contributed by atoms with van der Waals surface area (Å²) in [5, 5.41) is 6.77. The molecule has 0 bridgehead atoms. The van der Waals surface area contributed by atoms with E-state index in [-0.39, 0.29) is 17.4 Å². The van der Waals surface area contributed by atoms with Gasteiger partial charge in [-0.05, 0) is 72.8 Å². The van der Waals surface area contributed by atoms with Crippen LogP contribution in [0.25, 0.3) is 21.9 Å². The van der Waals surface area contributed by atoms with E-state index in [1.165, 1.54) is 0 Å². The molecular weight excluding hydrogens is 448 g/mol. The zero-order chi connectivity index (χ0) is 24.5. The van der Waals surface area contributed by atoms with Gasteiger partial charge in [0.1, 0.15) is 17.0 Å². The number of anilines is 2. The molecule has 174 valence electrons. The number of fused-ring (bicyclic) bond motifs is 2. The van der Waals surface area contributed by atoms with Crippen molar-refractivity contribution < 1.29 is 23.5 Å². The number of esters is 1. The van der Waals surface area contributed by atoms with E-state index in [1.54, 1.807) is 79.8 Å². The van der Waals surface area contributed by atoms with Crippen LogP contribution in [0.4, 0.5) is 11.4 Å². The Labute approximate surface area is 198 Å². The molecular formula is C26H20N4O5. The first-order valence-electron chi connectivity index (χ1n) is 10.7. The zero-order valence-electron chi connectivity index (χ0n) is 18.5. The Kier molecular flexibility index (Phi) is 5.42. The van der Waals surface area contributed by atoms with Crippen LogP contribution in [0.15, 0.2) is 77.2 Å². The first-order chi connectivity index (χ1) is 16.9. The molecule has 3 aromatic carbocycles. The lowest BCUT2D eigenvalue weighted by Crippen LogP contribution is -2.17. The Hall–Kier alpha value is -5.05. The summed E-state index contributed by atoms with van der Waals surface area (Å²) in [4.78, 5) is 39.9. The standard InChI is InChI=1S/C26H20N4O5/c1-28-24(31)14-2-6-19(7-3-14)34-26(33)21-12-15-11-18(5-8-20(15)30-21)29-25(32)23-13-16-10-17(27)4-9-22(16)35-23/h2-13,30H,27H2,1H3,(H,28,31)(H,29,32). The van der Waals surface area contributed by atoms with Crippen LogP contribution in [0.3, 0.4) is 0 Å². The lowest BCUT2D eigenvalue weighted by atomic mass is 10.2. The molecule has 2 amide bonds. The topological polar surface area (TPSA) is 139 Å². The fraction of sp³-hybridized carbons (Fsp3) is 0.0385. The number of furan rings is 1. The van der Waals surface area contributed by atoms with Crippen molar-refractivity contribution in [2.75, 3.05) is 18.1 Å². The molecule has 0 unspecified atom stereocenters. The lowest BCUT2D eigenvalue weighted by molar-refractivity contribution is 0.0729. The molecule has 5 rings (SSSR count). The van der Waals surface area contributed by atoms with Crippen molar-refractivity contribution in [1.29, 1.82) is 0 Å². The normalized spacial score (nSPS) is 10.9. The number of aromatic amines is 1. The molecule has 35 heavy (non-hydrogen) atoms. The van der Waals surface area contributed by atoms with Crippen LogP contribution in [0.2, 0.25) is 0 Å². The van der Waals surface area contributed by atoms with Crippen LogP contribution in [0.5, 0.6) is 5.75 Å². The highest BCUT2D eigenvalue weighted by Gasteiger charge is 2.16. The quantitative estimate of drug-likeness (QED) is 0.172. The average Bonchev–Trinajstić information content (AvgIpc) is 3.47. The highest BCUT2D eigenvalue weighted by atomic mass is 16.5. The maximum absolute atomic E-state index is 12.7. The van der Waals surface area contributed by atoms with Crippen LogP contribution in [-0.2, 0) is 0 Å². The third kappa shape index (κ3) is 4.42. The average molecular weight is 468 g/mol. The molecule has 0 radical (unpaired) electrons. The summed E-state index contributed by atoms with van der Waals surface area (Å²) in [6, 6.07) is 19.8. The van der Waals surface area contributed by atoms with Crippen LogP contribution in [0.1, 0.15) is 31.4 Å². The number of benzene rings is 3. The van der Waals surface area contributed by atoms with Crippen molar-refractivity contribution in [2.45, 2.75) is 0 Å². The van der Waals surface area contributed by atoms with Gasteiger partial charge in [-0.15, -0.1) is 0 Å². The molecule has 5 aromatic rings. The van der Waals surface area contributed by atoms with Gasteiger partial charge in [-0.1, -0.05) is 0 Å². The summed E-state index contributed by atoms with van der Waals surface area (Å²) in [5.74, 6) is -0.754. The lowest BCUT2D eigenvalue weighted by Gasteiger charge is -2.04. The number of rotatable bonds is 5. The van der Waals surface area contributed by atoms with Crippen LogP contribution < -0.4 is 21.1 Å². The number of hydrogen-bond acceptors (Lipinski definition) is 6. The summed E-state index contributed by atoms with van der Waals surface area (Å²) < 4.78 is 11.0. The van der Waals surface area contributed by atoms with Gasteiger partial charge in [-0.2, -0.15) is 0 Å². The number of nitrogen functional groups attached to an aromatic ring is 1. The predicted octanol–water partition coefficient (Wildman–Crippen LogP) is 4.33. The molecule has 0 saturated carbocycles. The molecule has 5 N–H and O–H groups in total. The second-order valence-electron chi connectivity index (χ2n) is 7.84. The van der Waals surface area contributed by atoms with Crippen LogP contribution in [-0.4, -0.2) is 29.8 Å². The molecule has 0 fully saturated rings. The number of H-pyrrole nitrogens is 1. The molecule has 2 aromatic heterocycles. The van der Waals surface area contributed by atoms with Crippen molar-refractivity contribution in [3.05, 3.63) is 89.8 Å². The van der Waals surface area contributed by atoms with Crippen molar-refractivity contribution in [1.82, 2.24) is 10.3 Å². The number of ether oxygens (including phenoxy) is 1. The Morgan fingerprint density at radius 3 is 2.46 bits per heavy atom. The summed E-state index contributed by atoms with van der Waals surface area (Å²) in [6.07, 6.45) is 0. The van der Waals surface area contributed by atoms with E-state index < -0.39 is 11.9 Å². The summed E-state index contributed by atoms with van der Waals surface area (Å²) >= 11 is 0. The van der Waals surface area contributed by atoms with Crippen LogP contribution >= 0.6 is 0 Å². The molecule has 0 aliphatic heterocycles. The van der Waals surface area contributed by atoms with E-state index in [4.69, 9.17) is 14.9 Å². The first-order valence-corrected chi connectivity index (χ1v) is 10.7. The molecule has 0 aliphatic rings. The minimum Gasteiger partial charge on any atom is -0.451 e. The van der Waals surface area contributed by atoms with Crippen molar-refractivity contribution >= 4 is 51.0 Å². The van der Waals surface area contributed by atoms with Crippen molar-refractivity contribution in [2.24, 2.45) is 0 Å². The molecule has 0 spiro atoms. The van der Waals surface area contributed by atoms with Crippen molar-refractivity contribution in [3.63, 3.8) is 0 Å². The number of nitrogens with two attached hydrogens (primary N) is 1. The second-order valence-corrected chi connectivity index (χ2v) is 7.84. The monoisotopic (exact) mass is 468 g/mol. The van der Waals surface area contributed by atoms with E-state index in [0.29, 0.717) is 39.2 Å². The van der Waals surface area contributed by atoms with E-state index in [2.05, 4.69) is 15.6 Å². The number of amides is 2. The van der Waals surface area contributed by atoms with Gasteiger partial charge in [0.05, 0.1) is 0 Å². The van der Waals surface area contributed by atoms with Gasteiger partial charge in [0, 0.05) is 40.3 Å². The van der Waals surface area contributed by atoms with E-state index in [9.17, 15) is 14.4 Å². The minimum atomic E-state index is -0.582. The third-order valence-electron chi connectivity index (χ3n) is 5.42. The van der Waals surface area contributed by atoms with E-state index >= 15 is 0 Å². The molecule has 0 atom stereocenters. The highest BCUT2D eigenvalue weighted by Crippen LogP contribution is 2.25. The molecule has 9 heteroatoms. The minimum absolute atomic E-state index is 0.159. The Morgan fingerprint density at radius 2 is 1.69 bits per heavy atom. The Balaban J connectivity index is 1.30. The Morgan fingerprint density at radius 1 is 0.886 bits per heavy atom. The number of nitrogens with one attached hydrogen (secondary N) is 3. The van der Waals surface area contributed by atoms with Gasteiger partial charge in [0.25, 0.3) is 11.8 Å². The fourth-order valence-corrected chi connectivity index (χ4v) is 3.67. The highest BCUT2D eigenvalue weighted by molar-refractivity contribution is 6.06.